The first-order chi connectivity index (χ1) is 13.6. The lowest BCUT2D eigenvalue weighted by atomic mass is 10.2. The topological polar surface area (TPSA) is 71.1 Å². The molecule has 2 aromatic rings. The van der Waals surface area contributed by atoms with Crippen molar-refractivity contribution in [2.45, 2.75) is 6.92 Å². The van der Waals surface area contributed by atoms with Crippen molar-refractivity contribution in [2.75, 3.05) is 50.1 Å². The number of rotatable bonds is 5. The fourth-order valence-electron chi connectivity index (χ4n) is 3.10. The number of nitrogens with one attached hydrogen (secondary N) is 1. The molecule has 28 heavy (non-hydrogen) atoms. The van der Waals surface area contributed by atoms with Crippen molar-refractivity contribution in [2.24, 2.45) is 0 Å². The van der Waals surface area contributed by atoms with Crippen molar-refractivity contribution < 1.29 is 19.1 Å². The molecule has 1 saturated heterocycles. The Kier molecular flexibility index (Phi) is 6.37. The maximum Gasteiger partial charge on any atom is 0.337 e. The van der Waals surface area contributed by atoms with Crippen molar-refractivity contribution >= 4 is 23.4 Å². The Morgan fingerprint density at radius 1 is 0.964 bits per heavy atom. The molecule has 7 nitrogen and oxygen atoms in total. The van der Waals surface area contributed by atoms with E-state index in [-0.39, 0.29) is 12.0 Å². The number of hydrogen-bond donors (Lipinski definition) is 1. The molecule has 0 radical (unpaired) electrons. The quantitative estimate of drug-likeness (QED) is 0.803. The SMILES string of the molecule is CCOc1ccc(NC(=O)N2CCN(c3ccc(C(=O)OC)cc3)CC2)cc1. The third kappa shape index (κ3) is 4.73. The smallest absolute Gasteiger partial charge is 0.337 e. The molecule has 0 spiro atoms. The van der Waals surface area contributed by atoms with Crippen LogP contribution in [0.25, 0.3) is 0 Å². The molecule has 1 fully saturated rings. The van der Waals surface area contributed by atoms with E-state index in [4.69, 9.17) is 9.47 Å². The van der Waals surface area contributed by atoms with E-state index in [1.54, 1.807) is 17.0 Å². The highest BCUT2D eigenvalue weighted by atomic mass is 16.5. The zero-order chi connectivity index (χ0) is 19.9. The fraction of sp³-hybridized carbons (Fsp3) is 0.333. The van der Waals surface area contributed by atoms with E-state index >= 15 is 0 Å². The van der Waals surface area contributed by atoms with Crippen LogP contribution in [-0.4, -0.2) is 56.8 Å². The highest BCUT2D eigenvalue weighted by Crippen LogP contribution is 2.19. The number of ether oxygens (including phenoxy) is 2. The Labute approximate surface area is 164 Å². The Hall–Kier alpha value is -3.22. The summed E-state index contributed by atoms with van der Waals surface area (Å²) < 4.78 is 10.1. The zero-order valence-corrected chi connectivity index (χ0v) is 16.2. The van der Waals surface area contributed by atoms with Gasteiger partial charge in [0.05, 0.1) is 19.3 Å². The summed E-state index contributed by atoms with van der Waals surface area (Å²) in [7, 11) is 1.37. The lowest BCUT2D eigenvalue weighted by Crippen LogP contribution is -2.50. The molecule has 0 saturated carbocycles. The lowest BCUT2D eigenvalue weighted by molar-refractivity contribution is 0.0600. The van der Waals surface area contributed by atoms with Crippen molar-refractivity contribution in [1.29, 1.82) is 0 Å². The van der Waals surface area contributed by atoms with Gasteiger partial charge in [0.25, 0.3) is 0 Å². The number of carbonyl (C=O) groups excluding carboxylic acids is 2. The molecule has 1 aliphatic heterocycles. The highest BCUT2D eigenvalue weighted by molar-refractivity contribution is 5.90. The van der Waals surface area contributed by atoms with Crippen molar-refractivity contribution in [3.8, 4) is 5.75 Å². The standard InChI is InChI=1S/C21H25N3O4/c1-3-28-19-10-6-17(7-11-19)22-21(26)24-14-12-23(13-15-24)18-8-4-16(5-9-18)20(25)27-2/h4-11H,3,12-15H2,1-2H3,(H,22,26). The van der Waals surface area contributed by atoms with Crippen LogP contribution in [0.2, 0.25) is 0 Å². The second-order valence-corrected chi connectivity index (χ2v) is 6.40. The molecule has 7 heteroatoms. The average Bonchev–Trinajstić information content (AvgIpc) is 2.75. The summed E-state index contributed by atoms with van der Waals surface area (Å²) in [5.74, 6) is 0.440. The minimum Gasteiger partial charge on any atom is -0.494 e. The van der Waals surface area contributed by atoms with Crippen LogP contribution in [0.4, 0.5) is 16.2 Å². The van der Waals surface area contributed by atoms with Crippen molar-refractivity contribution in [3.63, 3.8) is 0 Å². The molecule has 0 aliphatic carbocycles. The summed E-state index contributed by atoms with van der Waals surface area (Å²) in [6.07, 6.45) is 0. The highest BCUT2D eigenvalue weighted by Gasteiger charge is 2.21. The van der Waals surface area contributed by atoms with Crippen LogP contribution in [0.1, 0.15) is 17.3 Å². The summed E-state index contributed by atoms with van der Waals surface area (Å²) in [4.78, 5) is 28.0. The predicted octanol–water partition coefficient (Wildman–Crippen LogP) is 3.23. The Morgan fingerprint density at radius 2 is 1.61 bits per heavy atom. The van der Waals surface area contributed by atoms with Gasteiger partial charge < -0.3 is 24.6 Å². The molecule has 0 unspecified atom stereocenters. The van der Waals surface area contributed by atoms with E-state index in [1.165, 1.54) is 7.11 Å². The molecule has 2 amide bonds. The molecule has 148 valence electrons. The Bertz CT molecular complexity index is 797. The van der Waals surface area contributed by atoms with Gasteiger partial charge in [-0.05, 0) is 55.5 Å². The summed E-state index contributed by atoms with van der Waals surface area (Å²) in [5, 5.41) is 2.92. The third-order valence-corrected chi connectivity index (χ3v) is 4.64. The number of hydrogen-bond acceptors (Lipinski definition) is 5. The van der Waals surface area contributed by atoms with Gasteiger partial charge in [0.1, 0.15) is 5.75 Å². The second-order valence-electron chi connectivity index (χ2n) is 6.40. The van der Waals surface area contributed by atoms with Gasteiger partial charge >= 0.3 is 12.0 Å². The monoisotopic (exact) mass is 383 g/mol. The summed E-state index contributed by atoms with van der Waals surface area (Å²) in [5.41, 5.74) is 2.30. The number of anilines is 2. The van der Waals surface area contributed by atoms with E-state index < -0.39 is 0 Å². The normalized spacial score (nSPS) is 13.8. The zero-order valence-electron chi connectivity index (χ0n) is 16.2. The number of esters is 1. The minimum absolute atomic E-state index is 0.107. The third-order valence-electron chi connectivity index (χ3n) is 4.64. The fourth-order valence-corrected chi connectivity index (χ4v) is 3.10. The number of nitrogens with zero attached hydrogens (tertiary/aromatic N) is 2. The first kappa shape index (κ1) is 19.5. The summed E-state index contributed by atoms with van der Waals surface area (Å²) >= 11 is 0. The molecule has 0 atom stereocenters. The van der Waals surface area contributed by atoms with Crippen molar-refractivity contribution in [3.05, 3.63) is 54.1 Å². The number of methoxy groups -OCH3 is 1. The van der Waals surface area contributed by atoms with Crippen LogP contribution < -0.4 is 15.0 Å². The molecule has 2 aromatic carbocycles. The molecular formula is C21H25N3O4. The van der Waals surface area contributed by atoms with Crippen LogP contribution in [0.15, 0.2) is 48.5 Å². The minimum atomic E-state index is -0.345. The maximum absolute atomic E-state index is 12.5. The predicted molar refractivity (Wildman–Crippen MR) is 108 cm³/mol. The lowest BCUT2D eigenvalue weighted by Gasteiger charge is -2.36. The number of urea groups is 1. The van der Waals surface area contributed by atoms with Gasteiger partial charge in [-0.1, -0.05) is 0 Å². The molecular weight excluding hydrogens is 358 g/mol. The average molecular weight is 383 g/mol. The van der Waals surface area contributed by atoms with Gasteiger partial charge in [0.15, 0.2) is 0 Å². The molecule has 0 bridgehead atoms. The summed E-state index contributed by atoms with van der Waals surface area (Å²) in [6.45, 7) is 5.26. The van der Waals surface area contributed by atoms with Crippen LogP contribution in [0.3, 0.4) is 0 Å². The first-order valence-corrected chi connectivity index (χ1v) is 9.33. The largest absolute Gasteiger partial charge is 0.494 e. The van der Waals surface area contributed by atoms with E-state index in [0.29, 0.717) is 25.3 Å². The molecule has 1 heterocycles. The van der Waals surface area contributed by atoms with Gasteiger partial charge in [-0.3, -0.25) is 0 Å². The van der Waals surface area contributed by atoms with E-state index in [2.05, 4.69) is 10.2 Å². The second kappa shape index (κ2) is 9.12. The first-order valence-electron chi connectivity index (χ1n) is 9.33. The van der Waals surface area contributed by atoms with Gasteiger partial charge in [-0.25, -0.2) is 9.59 Å². The molecule has 0 aromatic heterocycles. The van der Waals surface area contributed by atoms with Crippen molar-refractivity contribution in [1.82, 2.24) is 4.90 Å². The Morgan fingerprint density at radius 3 is 2.18 bits per heavy atom. The van der Waals surface area contributed by atoms with Crippen LogP contribution in [0, 0.1) is 0 Å². The number of piperazine rings is 1. The maximum atomic E-state index is 12.5. The number of benzene rings is 2. The van der Waals surface area contributed by atoms with Gasteiger partial charge in [-0.15, -0.1) is 0 Å². The number of carbonyl (C=O) groups is 2. The van der Waals surface area contributed by atoms with Gasteiger partial charge in [-0.2, -0.15) is 0 Å². The number of amides is 2. The van der Waals surface area contributed by atoms with Crippen LogP contribution in [0.5, 0.6) is 5.75 Å². The Balaban J connectivity index is 1.51. The molecule has 1 aliphatic rings. The van der Waals surface area contributed by atoms with E-state index in [0.717, 1.165) is 30.2 Å². The summed E-state index contributed by atoms with van der Waals surface area (Å²) in [6, 6.07) is 14.6. The van der Waals surface area contributed by atoms with Gasteiger partial charge in [0, 0.05) is 37.6 Å². The molecule has 3 rings (SSSR count). The van der Waals surface area contributed by atoms with Gasteiger partial charge in [0.2, 0.25) is 0 Å². The van der Waals surface area contributed by atoms with E-state index in [9.17, 15) is 9.59 Å². The van der Waals surface area contributed by atoms with Crippen LogP contribution >= 0.6 is 0 Å². The van der Waals surface area contributed by atoms with Crippen LogP contribution in [-0.2, 0) is 4.74 Å². The molecule has 1 N–H and O–H groups in total. The van der Waals surface area contributed by atoms with E-state index in [1.807, 2.05) is 43.3 Å².